The molecule has 1 aromatic heterocycles. The van der Waals surface area contributed by atoms with Crippen LogP contribution in [0.5, 0.6) is 0 Å². The average molecular weight is 268 g/mol. The number of carbonyl (C=O) groups is 1. The van der Waals surface area contributed by atoms with Crippen molar-refractivity contribution < 1.29 is 9.90 Å². The van der Waals surface area contributed by atoms with Gasteiger partial charge in [0.15, 0.2) is 0 Å². The number of aromatic amines is 1. The van der Waals surface area contributed by atoms with Crippen LogP contribution in [0.3, 0.4) is 0 Å². The highest BCUT2D eigenvalue weighted by molar-refractivity contribution is 5.93. The highest BCUT2D eigenvalue weighted by atomic mass is 16.4. The summed E-state index contributed by atoms with van der Waals surface area (Å²) >= 11 is 0. The van der Waals surface area contributed by atoms with Crippen LogP contribution in [0, 0.1) is 0 Å². The van der Waals surface area contributed by atoms with E-state index in [1.807, 2.05) is 6.07 Å². The Bertz CT molecular complexity index is 721. The molecule has 20 heavy (non-hydrogen) atoms. The second kappa shape index (κ2) is 4.13. The van der Waals surface area contributed by atoms with Crippen LogP contribution in [-0.4, -0.2) is 29.1 Å². The van der Waals surface area contributed by atoms with Crippen LogP contribution in [0.1, 0.15) is 29.9 Å². The van der Waals surface area contributed by atoms with E-state index in [1.54, 1.807) is 6.08 Å². The van der Waals surface area contributed by atoms with Gasteiger partial charge in [0, 0.05) is 35.6 Å². The lowest BCUT2D eigenvalue weighted by Crippen LogP contribution is -2.38. The number of hydrogen-bond donors (Lipinski definition) is 2. The average Bonchev–Trinajstić information content (AvgIpc) is 2.87. The minimum absolute atomic E-state index is 0.655. The molecule has 2 aromatic rings. The van der Waals surface area contributed by atoms with Crippen LogP contribution >= 0.6 is 0 Å². The van der Waals surface area contributed by atoms with Crippen molar-refractivity contribution in [1.82, 2.24) is 4.98 Å². The van der Waals surface area contributed by atoms with Crippen molar-refractivity contribution in [2.45, 2.75) is 18.8 Å². The second-order valence-corrected chi connectivity index (χ2v) is 5.63. The molecular weight excluding hydrogens is 252 g/mol. The molecule has 4 heterocycles. The summed E-state index contributed by atoms with van der Waals surface area (Å²) in [6, 6.07) is 6.11. The van der Waals surface area contributed by atoms with Crippen LogP contribution < -0.4 is 4.90 Å². The number of H-pyrrole nitrogens is 1. The van der Waals surface area contributed by atoms with E-state index < -0.39 is 5.97 Å². The zero-order valence-electron chi connectivity index (χ0n) is 11.1. The summed E-state index contributed by atoms with van der Waals surface area (Å²) in [4.78, 5) is 16.6. The normalized spacial score (nSPS) is 18.1. The molecule has 0 radical (unpaired) electrons. The van der Waals surface area contributed by atoms with E-state index in [-0.39, 0.29) is 0 Å². The molecule has 1 aromatic carbocycles. The van der Waals surface area contributed by atoms with Gasteiger partial charge in [-0.25, -0.2) is 4.79 Å². The first-order valence-corrected chi connectivity index (χ1v) is 7.04. The van der Waals surface area contributed by atoms with E-state index in [0.717, 1.165) is 24.2 Å². The van der Waals surface area contributed by atoms with Gasteiger partial charge >= 0.3 is 5.97 Å². The lowest BCUT2D eigenvalue weighted by molar-refractivity contribution is -0.131. The molecule has 3 aliphatic rings. The monoisotopic (exact) mass is 268 g/mol. The third-order valence-corrected chi connectivity index (χ3v) is 4.48. The van der Waals surface area contributed by atoms with Crippen molar-refractivity contribution in [2.75, 3.05) is 18.0 Å². The van der Waals surface area contributed by atoms with Crippen molar-refractivity contribution in [3.8, 4) is 0 Å². The molecule has 0 unspecified atom stereocenters. The van der Waals surface area contributed by atoms with Gasteiger partial charge in [-0.3, -0.25) is 0 Å². The molecule has 102 valence electrons. The summed E-state index contributed by atoms with van der Waals surface area (Å²) in [5, 5.41) is 9.98. The molecule has 2 N–H and O–H groups in total. The molecule has 0 spiro atoms. The first kappa shape index (κ1) is 11.6. The molecule has 0 saturated carbocycles. The Morgan fingerprint density at radius 1 is 1.35 bits per heavy atom. The maximum atomic E-state index is 10.6. The summed E-state index contributed by atoms with van der Waals surface area (Å²) < 4.78 is 0. The van der Waals surface area contributed by atoms with E-state index in [2.05, 4.69) is 22.0 Å². The molecule has 1 fully saturated rings. The molecule has 1 saturated heterocycles. The van der Waals surface area contributed by atoms with Crippen molar-refractivity contribution >= 4 is 28.8 Å². The van der Waals surface area contributed by atoms with E-state index in [9.17, 15) is 4.79 Å². The summed E-state index contributed by atoms with van der Waals surface area (Å²) in [5.74, 6) is 1.02. The van der Waals surface area contributed by atoms with E-state index >= 15 is 0 Å². The number of nitrogens with zero attached hydrogens (tertiary/aromatic N) is 1. The maximum Gasteiger partial charge on any atom is 0.328 e. The first-order valence-electron chi connectivity index (χ1n) is 7.04. The number of piperidine rings is 1. The Hall–Kier alpha value is -2.23. The van der Waals surface area contributed by atoms with Gasteiger partial charge in [0.2, 0.25) is 0 Å². The molecule has 0 amide bonds. The summed E-state index contributed by atoms with van der Waals surface area (Å²) in [7, 11) is 0. The van der Waals surface area contributed by atoms with Crippen molar-refractivity contribution in [1.29, 1.82) is 0 Å². The zero-order chi connectivity index (χ0) is 13.7. The predicted molar refractivity (Wildman–Crippen MR) is 79.2 cm³/mol. The molecule has 4 nitrogen and oxygen atoms in total. The standard InChI is InChI=1S/C16H16N2O2/c19-14(20)4-2-10-1-3-13-12(9-10)15-11-5-7-18(8-6-11)16(15)17-13/h1-4,9,11,17H,5-8H2,(H,19,20)/b4-2+. The number of carboxylic acid groups (broad SMARTS) is 1. The molecule has 3 aliphatic heterocycles. The summed E-state index contributed by atoms with van der Waals surface area (Å²) in [6.45, 7) is 2.30. The van der Waals surface area contributed by atoms with Gasteiger partial charge in [0.05, 0.1) is 0 Å². The number of rotatable bonds is 2. The van der Waals surface area contributed by atoms with Crippen LogP contribution in [0.15, 0.2) is 24.3 Å². The minimum Gasteiger partial charge on any atom is -0.478 e. The number of hydrogen-bond acceptors (Lipinski definition) is 2. The molecule has 2 bridgehead atoms. The van der Waals surface area contributed by atoms with Crippen molar-refractivity contribution in [3.05, 3.63) is 35.4 Å². The Labute approximate surface area is 116 Å². The Kier molecular flexibility index (Phi) is 2.39. The lowest BCUT2D eigenvalue weighted by atomic mass is 9.84. The Morgan fingerprint density at radius 3 is 2.90 bits per heavy atom. The Balaban J connectivity index is 1.86. The Morgan fingerprint density at radius 2 is 2.15 bits per heavy atom. The van der Waals surface area contributed by atoms with Gasteiger partial charge in [-0.15, -0.1) is 0 Å². The molecule has 0 aliphatic carbocycles. The summed E-state index contributed by atoms with van der Waals surface area (Å²) in [5.41, 5.74) is 3.53. The van der Waals surface area contributed by atoms with E-state index in [0.29, 0.717) is 5.92 Å². The molecule has 0 atom stereocenters. The lowest BCUT2D eigenvalue weighted by Gasteiger charge is -2.40. The number of benzene rings is 1. The first-order chi connectivity index (χ1) is 9.72. The maximum absolute atomic E-state index is 10.6. The van der Waals surface area contributed by atoms with Crippen LogP contribution in [0.2, 0.25) is 0 Å². The highest BCUT2D eigenvalue weighted by Gasteiger charge is 2.33. The van der Waals surface area contributed by atoms with Crippen LogP contribution in [0.4, 0.5) is 5.82 Å². The predicted octanol–water partition coefficient (Wildman–Crippen LogP) is 2.96. The SMILES string of the molecule is O=C(O)/C=C/c1ccc2[nH]c3c(c2c1)C1CCN3CC1. The fourth-order valence-electron chi connectivity index (χ4n) is 3.54. The van der Waals surface area contributed by atoms with Gasteiger partial charge in [0.25, 0.3) is 0 Å². The number of fused-ring (bicyclic) bond motifs is 3. The zero-order valence-corrected chi connectivity index (χ0v) is 11.1. The third kappa shape index (κ3) is 1.64. The fourth-order valence-corrected chi connectivity index (χ4v) is 3.54. The summed E-state index contributed by atoms with van der Waals surface area (Å²) in [6.07, 6.45) is 5.31. The fraction of sp³-hybridized carbons (Fsp3) is 0.312. The number of nitrogens with one attached hydrogen (secondary N) is 1. The smallest absolute Gasteiger partial charge is 0.328 e. The number of carboxylic acids is 1. The number of anilines is 1. The van der Waals surface area contributed by atoms with E-state index in [4.69, 9.17) is 5.11 Å². The van der Waals surface area contributed by atoms with Gasteiger partial charge in [-0.2, -0.15) is 0 Å². The van der Waals surface area contributed by atoms with E-state index in [1.165, 1.54) is 35.7 Å². The van der Waals surface area contributed by atoms with Gasteiger partial charge in [0.1, 0.15) is 5.82 Å². The topological polar surface area (TPSA) is 56.3 Å². The largest absolute Gasteiger partial charge is 0.478 e. The third-order valence-electron chi connectivity index (χ3n) is 4.48. The number of aromatic nitrogens is 1. The molecule has 4 heteroatoms. The van der Waals surface area contributed by atoms with Crippen LogP contribution in [-0.2, 0) is 4.79 Å². The molecule has 5 rings (SSSR count). The molecular formula is C16H16N2O2. The second-order valence-electron chi connectivity index (χ2n) is 5.63. The quantitative estimate of drug-likeness (QED) is 0.823. The van der Waals surface area contributed by atoms with Gasteiger partial charge < -0.3 is 15.0 Å². The van der Waals surface area contributed by atoms with Crippen molar-refractivity contribution in [3.63, 3.8) is 0 Å². The number of aliphatic carboxylic acids is 1. The van der Waals surface area contributed by atoms with Crippen LogP contribution in [0.25, 0.3) is 17.0 Å². The van der Waals surface area contributed by atoms with Gasteiger partial charge in [-0.05, 0) is 42.5 Å². The highest BCUT2D eigenvalue weighted by Crippen LogP contribution is 2.45. The van der Waals surface area contributed by atoms with Crippen molar-refractivity contribution in [2.24, 2.45) is 0 Å². The minimum atomic E-state index is -0.911. The van der Waals surface area contributed by atoms with Gasteiger partial charge in [-0.1, -0.05) is 6.07 Å².